The van der Waals surface area contributed by atoms with E-state index in [-0.39, 0.29) is 17.4 Å². The number of nitrogens with zero attached hydrogens (tertiary/aromatic N) is 7. The third kappa shape index (κ3) is 3.99. The number of hydrogen-bond acceptors (Lipinski definition) is 6. The van der Waals surface area contributed by atoms with Crippen molar-refractivity contribution in [3.8, 4) is 17.1 Å². The highest BCUT2D eigenvalue weighted by Gasteiger charge is 2.36. The van der Waals surface area contributed by atoms with Crippen LogP contribution in [0.5, 0.6) is 0 Å². The van der Waals surface area contributed by atoms with Crippen molar-refractivity contribution in [1.82, 2.24) is 34.5 Å². The molecule has 1 N–H and O–H groups in total. The van der Waals surface area contributed by atoms with Crippen molar-refractivity contribution in [2.24, 2.45) is 7.05 Å². The maximum absolute atomic E-state index is 13.2. The van der Waals surface area contributed by atoms with Crippen LogP contribution in [0.1, 0.15) is 24.0 Å². The van der Waals surface area contributed by atoms with Gasteiger partial charge in [0.1, 0.15) is 18.2 Å². The lowest BCUT2D eigenvalue weighted by molar-refractivity contribution is -0.138. The van der Waals surface area contributed by atoms with Crippen molar-refractivity contribution in [2.45, 2.75) is 31.6 Å². The molecule has 0 spiro atoms. The van der Waals surface area contributed by atoms with Crippen LogP contribution in [0, 0.1) is 0 Å². The lowest BCUT2D eigenvalue weighted by Gasteiger charge is -2.23. The van der Waals surface area contributed by atoms with Crippen LogP contribution >= 0.6 is 0 Å². The van der Waals surface area contributed by atoms with Crippen LogP contribution in [-0.2, 0) is 19.8 Å². The molecule has 0 atom stereocenters. The van der Waals surface area contributed by atoms with E-state index >= 15 is 0 Å². The molecule has 1 aliphatic rings. The van der Waals surface area contributed by atoms with Gasteiger partial charge in [0.05, 0.1) is 11.3 Å². The van der Waals surface area contributed by atoms with E-state index in [4.69, 9.17) is 0 Å². The first kappa shape index (κ1) is 20.9. The summed E-state index contributed by atoms with van der Waals surface area (Å²) in [7, 11) is 1.65. The fourth-order valence-electron chi connectivity index (χ4n) is 3.71. The van der Waals surface area contributed by atoms with Gasteiger partial charge >= 0.3 is 6.18 Å². The first-order valence-electron chi connectivity index (χ1n) is 10.2. The van der Waals surface area contributed by atoms with Crippen molar-refractivity contribution in [3.05, 3.63) is 70.7 Å². The summed E-state index contributed by atoms with van der Waals surface area (Å²) in [5.74, 6) is 0.564. The third-order valence-corrected chi connectivity index (χ3v) is 5.56. The highest BCUT2D eigenvalue weighted by molar-refractivity contribution is 5.58. The molecule has 0 amide bonds. The zero-order valence-corrected chi connectivity index (χ0v) is 17.5. The molecule has 4 aromatic rings. The molecular formula is C21H19F3N8O. The van der Waals surface area contributed by atoms with E-state index in [1.165, 1.54) is 12.5 Å². The molecule has 0 radical (unpaired) electrons. The third-order valence-electron chi connectivity index (χ3n) is 5.56. The predicted octanol–water partition coefficient (Wildman–Crippen LogP) is 2.94. The molecule has 0 aliphatic heterocycles. The van der Waals surface area contributed by atoms with Crippen molar-refractivity contribution in [1.29, 1.82) is 0 Å². The molecule has 12 heteroatoms. The van der Waals surface area contributed by atoms with E-state index < -0.39 is 17.2 Å². The number of halogens is 3. The highest BCUT2D eigenvalue weighted by Crippen LogP contribution is 2.33. The first-order valence-corrected chi connectivity index (χ1v) is 10.2. The maximum Gasteiger partial charge on any atom is 0.421 e. The SMILES string of the molecule is Cn1c(-c2c[nH]cc(C(F)(F)F)c2=O)nnc1N(Cc1ccc(-n2cncn2)cc1)C1CC1. The molecule has 9 nitrogen and oxygen atoms in total. The fraction of sp³-hybridized carbons (Fsp3) is 0.286. The molecule has 0 bridgehead atoms. The number of hydrogen-bond donors (Lipinski definition) is 1. The number of H-pyrrole nitrogens is 1. The second-order valence-corrected chi connectivity index (χ2v) is 7.86. The van der Waals surface area contributed by atoms with Gasteiger partial charge in [0.2, 0.25) is 11.4 Å². The summed E-state index contributed by atoms with van der Waals surface area (Å²) in [6.07, 6.45) is 2.14. The topological polar surface area (TPSA) is 97.5 Å². The minimum atomic E-state index is -4.76. The average molecular weight is 456 g/mol. The molecule has 1 aromatic carbocycles. The Bertz CT molecular complexity index is 1320. The van der Waals surface area contributed by atoms with Crippen LogP contribution in [0.3, 0.4) is 0 Å². The highest BCUT2D eigenvalue weighted by atomic mass is 19.4. The minimum Gasteiger partial charge on any atom is -0.366 e. The minimum absolute atomic E-state index is 0.0736. The van der Waals surface area contributed by atoms with E-state index in [1.54, 1.807) is 22.6 Å². The molecule has 170 valence electrons. The van der Waals surface area contributed by atoms with Gasteiger partial charge in [0.25, 0.3) is 0 Å². The molecule has 33 heavy (non-hydrogen) atoms. The number of alkyl halides is 3. The molecule has 0 unspecified atom stereocenters. The number of nitrogens with one attached hydrogen (secondary N) is 1. The van der Waals surface area contributed by atoms with Gasteiger partial charge in [-0.05, 0) is 30.5 Å². The van der Waals surface area contributed by atoms with Crippen molar-refractivity contribution in [2.75, 3.05) is 4.90 Å². The molecule has 0 saturated heterocycles. The Morgan fingerprint density at radius 2 is 1.91 bits per heavy atom. The van der Waals surface area contributed by atoms with Gasteiger partial charge in [-0.3, -0.25) is 9.36 Å². The van der Waals surface area contributed by atoms with Gasteiger partial charge < -0.3 is 9.88 Å². The van der Waals surface area contributed by atoms with E-state index in [2.05, 4.69) is 30.2 Å². The molecule has 1 fully saturated rings. The Kier molecular flexibility index (Phi) is 4.99. The summed E-state index contributed by atoms with van der Waals surface area (Å²) in [5, 5.41) is 12.4. The Balaban J connectivity index is 1.45. The molecular weight excluding hydrogens is 437 g/mol. The van der Waals surface area contributed by atoms with E-state index in [1.807, 2.05) is 24.3 Å². The summed E-state index contributed by atoms with van der Waals surface area (Å²) in [6.45, 7) is 0.535. The summed E-state index contributed by atoms with van der Waals surface area (Å²) < 4.78 is 42.7. The number of pyridine rings is 1. The van der Waals surface area contributed by atoms with Crippen LogP contribution in [0.2, 0.25) is 0 Å². The van der Waals surface area contributed by atoms with Gasteiger partial charge in [-0.25, -0.2) is 9.67 Å². The van der Waals surface area contributed by atoms with E-state index in [0.29, 0.717) is 18.7 Å². The van der Waals surface area contributed by atoms with E-state index in [9.17, 15) is 18.0 Å². The number of benzene rings is 1. The Morgan fingerprint density at radius 3 is 2.55 bits per heavy atom. The number of anilines is 1. The normalized spacial score (nSPS) is 13.9. The van der Waals surface area contributed by atoms with Crippen LogP contribution in [0.4, 0.5) is 19.1 Å². The summed E-state index contributed by atoms with van der Waals surface area (Å²) in [4.78, 5) is 20.9. The second kappa shape index (κ2) is 7.87. The summed E-state index contributed by atoms with van der Waals surface area (Å²) in [5.41, 5.74) is -0.689. The van der Waals surface area contributed by atoms with Crippen LogP contribution in [0.15, 0.2) is 54.1 Å². The van der Waals surface area contributed by atoms with Crippen LogP contribution in [0.25, 0.3) is 17.1 Å². The molecule has 3 heterocycles. The largest absolute Gasteiger partial charge is 0.421 e. The van der Waals surface area contributed by atoms with E-state index in [0.717, 1.165) is 24.1 Å². The average Bonchev–Trinajstić information content (AvgIpc) is 3.34. The summed E-state index contributed by atoms with van der Waals surface area (Å²) in [6, 6.07) is 8.05. The molecule has 1 aliphatic carbocycles. The predicted molar refractivity (Wildman–Crippen MR) is 113 cm³/mol. The molecule has 3 aromatic heterocycles. The van der Waals surface area contributed by atoms with Gasteiger partial charge in [0, 0.05) is 32.0 Å². The lowest BCUT2D eigenvalue weighted by atomic mass is 10.1. The first-order chi connectivity index (χ1) is 15.8. The maximum atomic E-state index is 13.2. The Hall–Kier alpha value is -3.96. The summed E-state index contributed by atoms with van der Waals surface area (Å²) >= 11 is 0. The van der Waals surface area contributed by atoms with Gasteiger partial charge in [-0.1, -0.05) is 12.1 Å². The van der Waals surface area contributed by atoms with Crippen molar-refractivity contribution < 1.29 is 13.2 Å². The lowest BCUT2D eigenvalue weighted by Crippen LogP contribution is -2.28. The number of aromatic nitrogens is 7. The smallest absolute Gasteiger partial charge is 0.366 e. The number of aromatic amines is 1. The van der Waals surface area contributed by atoms with Gasteiger partial charge in [-0.2, -0.15) is 18.3 Å². The molecule has 5 rings (SSSR count). The Morgan fingerprint density at radius 1 is 1.15 bits per heavy atom. The van der Waals surface area contributed by atoms with Crippen molar-refractivity contribution in [3.63, 3.8) is 0 Å². The van der Waals surface area contributed by atoms with Crippen LogP contribution in [-0.4, -0.2) is 40.6 Å². The number of rotatable bonds is 6. The van der Waals surface area contributed by atoms with Crippen molar-refractivity contribution >= 4 is 5.95 Å². The Labute approximate surface area is 185 Å². The fourth-order valence-corrected chi connectivity index (χ4v) is 3.71. The standard InChI is InChI=1S/C21H19F3N8O/c1-30-19(16-8-25-9-17(18(16)33)21(22,23)24)28-29-20(30)31(14-6-7-14)10-13-2-4-15(5-3-13)32-12-26-11-27-32/h2-5,8-9,11-12,14H,6-7,10H2,1H3,(H,25,33). The monoisotopic (exact) mass is 456 g/mol. The van der Waals surface area contributed by atoms with Crippen LogP contribution < -0.4 is 10.3 Å². The molecule has 1 saturated carbocycles. The second-order valence-electron chi connectivity index (χ2n) is 7.86. The quantitative estimate of drug-likeness (QED) is 0.479. The van der Waals surface area contributed by atoms with Gasteiger partial charge in [0.15, 0.2) is 5.82 Å². The van der Waals surface area contributed by atoms with Gasteiger partial charge in [-0.15, -0.1) is 10.2 Å². The zero-order valence-electron chi connectivity index (χ0n) is 17.5. The zero-order chi connectivity index (χ0) is 23.2.